The van der Waals surface area contributed by atoms with Crippen LogP contribution in [-0.4, -0.2) is 39.9 Å². The average Bonchev–Trinajstić information content (AvgIpc) is 3.32. The Morgan fingerprint density at radius 2 is 2.03 bits per heavy atom. The van der Waals surface area contributed by atoms with E-state index in [2.05, 4.69) is 45.7 Å². The van der Waals surface area contributed by atoms with E-state index in [-0.39, 0.29) is 11.8 Å². The van der Waals surface area contributed by atoms with Crippen molar-refractivity contribution in [3.05, 3.63) is 77.6 Å². The van der Waals surface area contributed by atoms with E-state index in [9.17, 15) is 4.79 Å². The normalized spacial score (nSPS) is 16.1. The summed E-state index contributed by atoms with van der Waals surface area (Å²) >= 11 is 8.11. The van der Waals surface area contributed by atoms with Crippen molar-refractivity contribution >= 4 is 40.6 Å². The first-order valence-electron chi connectivity index (χ1n) is 11.4. The number of benzene rings is 2. The zero-order valence-corrected chi connectivity index (χ0v) is 20.5. The molecule has 2 aromatic heterocycles. The van der Waals surface area contributed by atoms with Gasteiger partial charge in [-0.05, 0) is 48.9 Å². The van der Waals surface area contributed by atoms with Gasteiger partial charge in [0.2, 0.25) is 5.91 Å². The van der Waals surface area contributed by atoms with Crippen molar-refractivity contribution in [2.45, 2.75) is 24.3 Å². The maximum atomic E-state index is 13.0. The van der Waals surface area contributed by atoms with E-state index < -0.39 is 0 Å². The first-order chi connectivity index (χ1) is 16.6. The molecule has 5 rings (SSSR count). The first-order valence-corrected chi connectivity index (χ1v) is 13.0. The van der Waals surface area contributed by atoms with E-state index in [4.69, 9.17) is 16.7 Å². The van der Waals surface area contributed by atoms with Gasteiger partial charge in [-0.15, -0.1) is 11.8 Å². The van der Waals surface area contributed by atoms with Gasteiger partial charge < -0.3 is 10.2 Å². The molecular weight excluding hydrogens is 466 g/mol. The van der Waals surface area contributed by atoms with Gasteiger partial charge in [0.25, 0.3) is 0 Å². The molecule has 1 unspecified atom stereocenters. The summed E-state index contributed by atoms with van der Waals surface area (Å²) in [6.45, 7) is 2.04. The number of amides is 1. The number of hydrogen-bond donors (Lipinski definition) is 1. The zero-order valence-electron chi connectivity index (χ0n) is 18.9. The lowest BCUT2D eigenvalue weighted by Crippen LogP contribution is -2.43. The summed E-state index contributed by atoms with van der Waals surface area (Å²) in [4.78, 5) is 21.1. The Morgan fingerprint density at radius 3 is 2.82 bits per heavy atom. The lowest BCUT2D eigenvalue weighted by Gasteiger charge is -2.33. The molecular formula is C26H26ClN5OS. The fraction of sp³-hybridized carbons (Fsp3) is 0.269. The maximum Gasteiger partial charge on any atom is 0.225 e. The smallest absolute Gasteiger partial charge is 0.225 e. The van der Waals surface area contributed by atoms with Crippen molar-refractivity contribution < 1.29 is 4.79 Å². The van der Waals surface area contributed by atoms with Crippen LogP contribution in [0.15, 0.2) is 71.9 Å². The molecule has 8 heteroatoms. The van der Waals surface area contributed by atoms with Crippen LogP contribution in [0.5, 0.6) is 0 Å². The highest BCUT2D eigenvalue weighted by Crippen LogP contribution is 2.31. The minimum atomic E-state index is -0.0766. The number of nitrogens with one attached hydrogen (secondary N) is 1. The molecule has 2 aromatic carbocycles. The van der Waals surface area contributed by atoms with Gasteiger partial charge in [-0.2, -0.15) is 5.10 Å². The Morgan fingerprint density at radius 1 is 1.21 bits per heavy atom. The highest BCUT2D eigenvalue weighted by molar-refractivity contribution is 7.98. The second-order valence-corrected chi connectivity index (χ2v) is 9.73. The fourth-order valence-corrected chi connectivity index (χ4v) is 5.05. The van der Waals surface area contributed by atoms with Crippen molar-refractivity contribution in [1.82, 2.24) is 19.9 Å². The second kappa shape index (κ2) is 10.1. The predicted octanol–water partition coefficient (Wildman–Crippen LogP) is 5.30. The van der Waals surface area contributed by atoms with Crippen LogP contribution >= 0.6 is 23.4 Å². The minimum Gasteiger partial charge on any atom is -0.354 e. The van der Waals surface area contributed by atoms with Crippen molar-refractivity contribution in [2.24, 2.45) is 5.92 Å². The fourth-order valence-electron chi connectivity index (χ4n) is 4.41. The van der Waals surface area contributed by atoms with Gasteiger partial charge in [0.05, 0.1) is 16.6 Å². The van der Waals surface area contributed by atoms with Crippen LogP contribution < -0.4 is 10.2 Å². The molecule has 1 saturated heterocycles. The van der Waals surface area contributed by atoms with E-state index in [1.165, 1.54) is 4.90 Å². The number of nitrogens with zero attached hydrogens (tertiary/aromatic N) is 4. The summed E-state index contributed by atoms with van der Waals surface area (Å²) in [7, 11) is 0. The van der Waals surface area contributed by atoms with Crippen LogP contribution in [0.1, 0.15) is 18.4 Å². The van der Waals surface area contributed by atoms with Gasteiger partial charge in [-0.25, -0.2) is 9.50 Å². The average molecular weight is 492 g/mol. The Labute approximate surface area is 208 Å². The topological polar surface area (TPSA) is 62.5 Å². The molecule has 174 valence electrons. The van der Waals surface area contributed by atoms with E-state index in [1.54, 1.807) is 18.0 Å². The van der Waals surface area contributed by atoms with E-state index in [0.717, 1.165) is 47.5 Å². The summed E-state index contributed by atoms with van der Waals surface area (Å²) < 4.78 is 1.84. The molecule has 0 spiro atoms. The number of carbonyl (C=O) groups excluding carboxylic acids is 1. The largest absolute Gasteiger partial charge is 0.354 e. The van der Waals surface area contributed by atoms with E-state index in [0.29, 0.717) is 18.1 Å². The maximum absolute atomic E-state index is 13.0. The Balaban J connectivity index is 1.31. The van der Waals surface area contributed by atoms with Gasteiger partial charge in [-0.1, -0.05) is 41.9 Å². The van der Waals surface area contributed by atoms with E-state index >= 15 is 0 Å². The third kappa shape index (κ3) is 4.76. The Bertz CT molecular complexity index is 1310. The molecule has 1 atom stereocenters. The van der Waals surface area contributed by atoms with Crippen molar-refractivity contribution in [3.8, 4) is 11.3 Å². The molecule has 1 fully saturated rings. The van der Waals surface area contributed by atoms with E-state index in [1.807, 2.05) is 41.0 Å². The van der Waals surface area contributed by atoms with Crippen molar-refractivity contribution in [3.63, 3.8) is 0 Å². The van der Waals surface area contributed by atoms with Gasteiger partial charge >= 0.3 is 0 Å². The molecule has 1 N–H and O–H groups in total. The number of fused-ring (bicyclic) bond motifs is 1. The summed E-state index contributed by atoms with van der Waals surface area (Å²) in [5, 5.41) is 8.50. The van der Waals surface area contributed by atoms with Gasteiger partial charge in [0.1, 0.15) is 5.52 Å². The highest BCUT2D eigenvalue weighted by atomic mass is 35.5. The van der Waals surface area contributed by atoms with Gasteiger partial charge in [0, 0.05) is 42.5 Å². The molecule has 1 aliphatic rings. The Kier molecular flexibility index (Phi) is 6.74. The van der Waals surface area contributed by atoms with Crippen LogP contribution in [-0.2, 0) is 11.3 Å². The molecule has 1 amide bonds. The van der Waals surface area contributed by atoms with Crippen molar-refractivity contribution in [1.29, 1.82) is 0 Å². The lowest BCUT2D eigenvalue weighted by atomic mass is 9.97. The molecule has 0 saturated carbocycles. The molecule has 3 heterocycles. The number of aromatic nitrogens is 3. The predicted molar refractivity (Wildman–Crippen MR) is 138 cm³/mol. The third-order valence-electron chi connectivity index (χ3n) is 6.24. The molecule has 4 aromatic rings. The number of anilines is 1. The van der Waals surface area contributed by atoms with Crippen LogP contribution in [0, 0.1) is 5.92 Å². The standard InChI is InChI=1S/C26H26ClN5OS/c1-34-20-10-8-18(9-11-20)16-29-26(33)19-5-4-13-31(17-19)25-24-15-23(30-32(24)14-12-28-25)21-6-2-3-7-22(21)27/h2-3,6-12,14-15,19H,4-5,13,16-17H2,1H3,(H,29,33). The molecule has 0 aliphatic carbocycles. The molecule has 6 nitrogen and oxygen atoms in total. The molecule has 0 radical (unpaired) electrons. The SMILES string of the molecule is CSc1ccc(CNC(=O)C2CCCN(c3nccn4nc(-c5ccccc5Cl)cc34)C2)cc1. The summed E-state index contributed by atoms with van der Waals surface area (Å²) in [6.07, 6.45) is 7.47. The minimum absolute atomic E-state index is 0.0766. The van der Waals surface area contributed by atoms with Crippen LogP contribution in [0.3, 0.4) is 0 Å². The molecule has 34 heavy (non-hydrogen) atoms. The number of carbonyl (C=O) groups is 1. The van der Waals surface area contributed by atoms with Crippen molar-refractivity contribution in [2.75, 3.05) is 24.2 Å². The zero-order chi connectivity index (χ0) is 23.5. The monoisotopic (exact) mass is 491 g/mol. The number of rotatable bonds is 6. The Hall–Kier alpha value is -3.03. The molecule has 1 aliphatic heterocycles. The van der Waals surface area contributed by atoms with Gasteiger partial charge in [0.15, 0.2) is 5.82 Å². The first kappa shape index (κ1) is 22.7. The van der Waals surface area contributed by atoms with Crippen LogP contribution in [0.4, 0.5) is 5.82 Å². The molecule has 0 bridgehead atoms. The lowest BCUT2D eigenvalue weighted by molar-refractivity contribution is -0.125. The second-order valence-electron chi connectivity index (χ2n) is 8.44. The summed E-state index contributed by atoms with van der Waals surface area (Å²) in [5.41, 5.74) is 3.71. The number of halogens is 1. The van der Waals surface area contributed by atoms with Crippen LogP contribution in [0.25, 0.3) is 16.8 Å². The van der Waals surface area contributed by atoms with Gasteiger partial charge in [-0.3, -0.25) is 4.79 Å². The quantitative estimate of drug-likeness (QED) is 0.370. The highest BCUT2D eigenvalue weighted by Gasteiger charge is 2.28. The number of piperidine rings is 1. The summed E-state index contributed by atoms with van der Waals surface area (Å²) in [5.74, 6) is 0.863. The number of thioether (sulfide) groups is 1. The summed E-state index contributed by atoms with van der Waals surface area (Å²) in [6, 6.07) is 18.0. The third-order valence-corrected chi connectivity index (χ3v) is 7.31. The van der Waals surface area contributed by atoms with Crippen LogP contribution in [0.2, 0.25) is 5.02 Å². The number of hydrogen-bond acceptors (Lipinski definition) is 5.